The molecule has 0 radical (unpaired) electrons. The van der Waals surface area contributed by atoms with Crippen LogP contribution < -0.4 is 0 Å². The molecule has 1 aromatic rings. The van der Waals surface area contributed by atoms with E-state index >= 15 is 0 Å². The number of amidine groups is 1. The highest BCUT2D eigenvalue weighted by Gasteiger charge is 2.28. The third-order valence-electron chi connectivity index (χ3n) is 2.57. The molecule has 0 saturated heterocycles. The maximum absolute atomic E-state index is 6.19. The van der Waals surface area contributed by atoms with Gasteiger partial charge in [-0.15, -0.1) is 0 Å². The van der Waals surface area contributed by atoms with Gasteiger partial charge in [-0.25, -0.2) is 0 Å². The second kappa shape index (κ2) is 3.99. The fourth-order valence-electron chi connectivity index (χ4n) is 1.83. The van der Waals surface area contributed by atoms with E-state index in [0.29, 0.717) is 5.02 Å². The lowest BCUT2D eigenvalue weighted by molar-refractivity contribution is 0.650. The van der Waals surface area contributed by atoms with Crippen LogP contribution >= 0.6 is 35.0 Å². The normalized spacial score (nSPS) is 18.5. The van der Waals surface area contributed by atoms with Crippen molar-refractivity contribution in [2.24, 2.45) is 4.99 Å². The van der Waals surface area contributed by atoms with Gasteiger partial charge < -0.3 is 4.90 Å². The Kier molecular flexibility index (Phi) is 2.62. The molecule has 82 valence electrons. The van der Waals surface area contributed by atoms with Gasteiger partial charge in [0.15, 0.2) is 5.17 Å². The summed E-state index contributed by atoms with van der Waals surface area (Å²) in [6, 6.07) is 5.53. The highest BCUT2D eigenvalue weighted by molar-refractivity contribution is 8.16. The number of fused-ring (bicyclic) bond motifs is 1. The Balaban J connectivity index is 2.04. The summed E-state index contributed by atoms with van der Waals surface area (Å²) in [4.78, 5) is 6.59. The lowest BCUT2D eigenvalue weighted by atomic mass is 10.1. The molecule has 2 aliphatic rings. The minimum Gasteiger partial charge on any atom is -0.318 e. The number of rotatable bonds is 1. The molecule has 0 aliphatic carbocycles. The summed E-state index contributed by atoms with van der Waals surface area (Å²) in [5, 5.41) is 4.57. The SMILES string of the molecule is Clc1ccc(Cl)c(C2=CSC3=NCCN23)c1. The van der Waals surface area contributed by atoms with Crippen LogP contribution in [0.15, 0.2) is 28.6 Å². The molecular formula is C11H8Cl2N2S. The monoisotopic (exact) mass is 270 g/mol. The van der Waals surface area contributed by atoms with Crippen molar-refractivity contribution in [3.63, 3.8) is 0 Å². The standard InChI is InChI=1S/C11H8Cl2N2S/c12-7-1-2-9(13)8(5-7)10-6-16-11-14-3-4-15(10)11/h1-2,5-6H,3-4H2. The highest BCUT2D eigenvalue weighted by Crippen LogP contribution is 2.38. The van der Waals surface area contributed by atoms with Gasteiger partial charge in [0.1, 0.15) is 0 Å². The summed E-state index contributed by atoms with van der Waals surface area (Å²) < 4.78 is 0. The molecule has 3 rings (SSSR count). The molecule has 0 unspecified atom stereocenters. The van der Waals surface area contributed by atoms with Crippen molar-refractivity contribution in [3.05, 3.63) is 39.2 Å². The molecule has 0 atom stereocenters. The van der Waals surface area contributed by atoms with E-state index in [0.717, 1.165) is 34.5 Å². The molecule has 0 bridgehead atoms. The van der Waals surface area contributed by atoms with E-state index in [1.807, 2.05) is 12.1 Å². The zero-order chi connectivity index (χ0) is 11.1. The Morgan fingerprint density at radius 1 is 1.31 bits per heavy atom. The predicted molar refractivity (Wildman–Crippen MR) is 71.0 cm³/mol. The molecular weight excluding hydrogens is 263 g/mol. The van der Waals surface area contributed by atoms with Crippen LogP contribution in [-0.4, -0.2) is 23.2 Å². The predicted octanol–water partition coefficient (Wildman–Crippen LogP) is 3.71. The van der Waals surface area contributed by atoms with Gasteiger partial charge in [0, 0.05) is 22.5 Å². The molecule has 0 aromatic heterocycles. The van der Waals surface area contributed by atoms with Crippen LogP contribution in [0.5, 0.6) is 0 Å². The topological polar surface area (TPSA) is 15.6 Å². The molecule has 2 aliphatic heterocycles. The van der Waals surface area contributed by atoms with Crippen LogP contribution in [0.2, 0.25) is 10.0 Å². The smallest absolute Gasteiger partial charge is 0.168 e. The average Bonchev–Trinajstić information content (AvgIpc) is 2.83. The summed E-state index contributed by atoms with van der Waals surface area (Å²) >= 11 is 13.8. The Morgan fingerprint density at radius 3 is 3.06 bits per heavy atom. The van der Waals surface area contributed by atoms with E-state index in [-0.39, 0.29) is 0 Å². The van der Waals surface area contributed by atoms with Gasteiger partial charge in [-0.2, -0.15) is 0 Å². The van der Waals surface area contributed by atoms with Gasteiger partial charge in [0.2, 0.25) is 0 Å². The summed E-state index contributed by atoms with van der Waals surface area (Å²) in [6.07, 6.45) is 0. The quantitative estimate of drug-likeness (QED) is 0.773. The number of hydrogen-bond donors (Lipinski definition) is 0. The van der Waals surface area contributed by atoms with Gasteiger partial charge in [0.25, 0.3) is 0 Å². The van der Waals surface area contributed by atoms with E-state index in [1.54, 1.807) is 17.8 Å². The van der Waals surface area contributed by atoms with Gasteiger partial charge in [-0.1, -0.05) is 35.0 Å². The van der Waals surface area contributed by atoms with E-state index in [2.05, 4.69) is 15.3 Å². The molecule has 2 heterocycles. The number of hydrogen-bond acceptors (Lipinski definition) is 3. The lowest BCUT2D eigenvalue weighted by Crippen LogP contribution is -2.20. The first kappa shape index (κ1) is 10.5. The third kappa shape index (κ3) is 1.63. The van der Waals surface area contributed by atoms with Crippen LogP contribution in [0.4, 0.5) is 0 Å². The zero-order valence-corrected chi connectivity index (χ0v) is 10.6. The Hall–Kier alpha value is -0.640. The molecule has 2 nitrogen and oxygen atoms in total. The molecule has 5 heteroatoms. The molecule has 0 N–H and O–H groups in total. The minimum absolute atomic E-state index is 0.704. The number of aliphatic imine (C=N–C) groups is 1. The summed E-state index contributed by atoms with van der Waals surface area (Å²) in [7, 11) is 0. The van der Waals surface area contributed by atoms with Crippen molar-refractivity contribution >= 4 is 45.8 Å². The van der Waals surface area contributed by atoms with Crippen molar-refractivity contribution in [1.82, 2.24) is 4.90 Å². The van der Waals surface area contributed by atoms with Crippen LogP contribution in [0.1, 0.15) is 5.56 Å². The first-order chi connectivity index (χ1) is 7.75. The van der Waals surface area contributed by atoms with Gasteiger partial charge >= 0.3 is 0 Å². The number of thioether (sulfide) groups is 1. The van der Waals surface area contributed by atoms with E-state index < -0.39 is 0 Å². The van der Waals surface area contributed by atoms with Crippen molar-refractivity contribution in [2.75, 3.05) is 13.1 Å². The first-order valence-electron chi connectivity index (χ1n) is 4.90. The molecule has 16 heavy (non-hydrogen) atoms. The largest absolute Gasteiger partial charge is 0.318 e. The van der Waals surface area contributed by atoms with Gasteiger partial charge in [-0.05, 0) is 18.2 Å². The number of benzene rings is 1. The lowest BCUT2D eigenvalue weighted by Gasteiger charge is -2.17. The Morgan fingerprint density at radius 2 is 2.19 bits per heavy atom. The average molecular weight is 271 g/mol. The van der Waals surface area contributed by atoms with Crippen molar-refractivity contribution in [1.29, 1.82) is 0 Å². The molecule has 0 amide bonds. The van der Waals surface area contributed by atoms with Crippen LogP contribution in [0.25, 0.3) is 5.70 Å². The van der Waals surface area contributed by atoms with Gasteiger partial charge in [0.05, 0.1) is 17.3 Å². The second-order valence-corrected chi connectivity index (χ2v) is 5.24. The molecule has 0 spiro atoms. The zero-order valence-electron chi connectivity index (χ0n) is 8.28. The van der Waals surface area contributed by atoms with E-state index in [9.17, 15) is 0 Å². The second-order valence-electron chi connectivity index (χ2n) is 3.56. The van der Waals surface area contributed by atoms with Crippen LogP contribution in [-0.2, 0) is 0 Å². The van der Waals surface area contributed by atoms with Crippen LogP contribution in [0.3, 0.4) is 0 Å². The van der Waals surface area contributed by atoms with E-state index in [4.69, 9.17) is 23.2 Å². The summed E-state index contributed by atoms with van der Waals surface area (Å²) in [5.41, 5.74) is 2.09. The fourth-order valence-corrected chi connectivity index (χ4v) is 3.17. The van der Waals surface area contributed by atoms with Gasteiger partial charge in [-0.3, -0.25) is 4.99 Å². The minimum atomic E-state index is 0.704. The summed E-state index contributed by atoms with van der Waals surface area (Å²) in [5.74, 6) is 0. The highest BCUT2D eigenvalue weighted by atomic mass is 35.5. The summed E-state index contributed by atoms with van der Waals surface area (Å²) in [6.45, 7) is 1.79. The number of nitrogens with zero attached hydrogens (tertiary/aromatic N) is 2. The van der Waals surface area contributed by atoms with Crippen molar-refractivity contribution in [3.8, 4) is 0 Å². The molecule has 0 saturated carbocycles. The molecule has 0 fully saturated rings. The molecule has 1 aromatic carbocycles. The van der Waals surface area contributed by atoms with E-state index in [1.165, 1.54) is 0 Å². The first-order valence-corrected chi connectivity index (χ1v) is 6.53. The van der Waals surface area contributed by atoms with Crippen molar-refractivity contribution in [2.45, 2.75) is 0 Å². The third-order valence-corrected chi connectivity index (χ3v) is 4.04. The number of halogens is 2. The van der Waals surface area contributed by atoms with Crippen LogP contribution in [0, 0.1) is 0 Å². The Labute approximate surface area is 108 Å². The fraction of sp³-hybridized carbons (Fsp3) is 0.182. The van der Waals surface area contributed by atoms with Crippen molar-refractivity contribution < 1.29 is 0 Å². The Bertz CT molecular complexity index is 511. The maximum atomic E-state index is 6.19. The maximum Gasteiger partial charge on any atom is 0.168 e.